The van der Waals surface area contributed by atoms with Crippen LogP contribution in [0.1, 0.15) is 96.1 Å². The number of aliphatic carboxylic acids is 1. The van der Waals surface area contributed by atoms with Crippen LogP contribution in [0.5, 0.6) is 11.5 Å². The number of methoxy groups -OCH3 is 1. The van der Waals surface area contributed by atoms with Gasteiger partial charge in [-0.15, -0.1) is 11.3 Å². The van der Waals surface area contributed by atoms with Gasteiger partial charge in [0, 0.05) is 35.2 Å². The molecule has 14 heteroatoms. The number of nitrogens with zero attached hydrogens (tertiary/aromatic N) is 3. The maximum atomic E-state index is 14.5. The maximum Gasteiger partial charge on any atom is 0.408 e. The van der Waals surface area contributed by atoms with Gasteiger partial charge in [-0.05, 0) is 69.4 Å². The fourth-order valence-electron chi connectivity index (χ4n) is 7.84. The summed E-state index contributed by atoms with van der Waals surface area (Å²) in [5.41, 5.74) is 0.761. The molecule has 13 nitrogen and oxygen atoms in total. The van der Waals surface area contributed by atoms with E-state index in [-0.39, 0.29) is 37.3 Å². The maximum absolute atomic E-state index is 14.5. The van der Waals surface area contributed by atoms with E-state index in [4.69, 9.17) is 24.2 Å². The minimum absolute atomic E-state index is 0.0419. The minimum Gasteiger partial charge on any atom is -0.497 e. The number of rotatable bonds is 8. The third-order valence-corrected chi connectivity index (χ3v) is 12.0. The number of carboxylic acids is 1. The molecule has 3 aromatic rings. The van der Waals surface area contributed by atoms with E-state index in [9.17, 15) is 24.3 Å². The number of nitrogens with one attached hydrogen (secondary N) is 2. The van der Waals surface area contributed by atoms with Crippen molar-refractivity contribution in [3.05, 3.63) is 47.5 Å². The van der Waals surface area contributed by atoms with Crippen LogP contribution in [0.15, 0.2) is 41.8 Å². The van der Waals surface area contributed by atoms with Crippen molar-refractivity contribution in [1.29, 1.82) is 0 Å². The number of fused-ring (bicyclic) bond motifs is 3. The van der Waals surface area contributed by atoms with Crippen LogP contribution in [0.3, 0.4) is 0 Å². The number of pyridine rings is 1. The molecule has 2 aromatic heterocycles. The second kappa shape index (κ2) is 15.9. The van der Waals surface area contributed by atoms with Crippen molar-refractivity contribution in [2.24, 2.45) is 5.92 Å². The third-order valence-electron chi connectivity index (χ3n) is 11.1. The summed E-state index contributed by atoms with van der Waals surface area (Å²) >= 11 is 1.49. The lowest BCUT2D eigenvalue weighted by Crippen LogP contribution is -2.56. The van der Waals surface area contributed by atoms with Gasteiger partial charge in [-0.3, -0.25) is 9.59 Å². The standard InChI is InChI=1S/C40H49N5O8S/c1-23(2)32-22-54-36(42-32)31-19-34(28-16-15-26(51-3)17-30(28)41-31)52-27-18-33-35(46)44-40(38(48)49)20-24(40)11-7-5-4-6-8-14-29(37(47)45(33)21-27)43-39(50)53-25-12-9-10-13-25/h7,11,15-17,19,22-25,27,29,33H,4-6,8-10,12-14,18,20-21H2,1-3H3,(H,43,50)(H,44,46)(H,48,49)/b11-7-/t24-,27-,29-,33?,40-/m1/s1. The fraction of sp³-hybridized carbons (Fsp3) is 0.550. The normalized spacial score (nSPS) is 27.0. The Kier molecular flexibility index (Phi) is 11.1. The van der Waals surface area contributed by atoms with E-state index in [0.717, 1.165) is 55.6 Å². The molecule has 7 rings (SSSR count). The number of aromatic nitrogens is 2. The van der Waals surface area contributed by atoms with E-state index >= 15 is 0 Å². The number of hydrogen-bond donors (Lipinski definition) is 3. The molecule has 4 aliphatic rings. The van der Waals surface area contributed by atoms with Crippen LogP contribution in [0, 0.1) is 5.92 Å². The highest BCUT2D eigenvalue weighted by atomic mass is 32.1. The van der Waals surface area contributed by atoms with Crippen molar-refractivity contribution in [3.8, 4) is 22.2 Å². The Hall–Kier alpha value is -4.72. The van der Waals surface area contributed by atoms with E-state index in [2.05, 4.69) is 24.5 Å². The molecule has 5 atom stereocenters. The molecule has 2 saturated carbocycles. The highest BCUT2D eigenvalue weighted by Gasteiger charge is 2.61. The van der Waals surface area contributed by atoms with Gasteiger partial charge < -0.3 is 34.9 Å². The van der Waals surface area contributed by atoms with Crippen LogP contribution in [-0.2, 0) is 19.1 Å². The molecule has 1 saturated heterocycles. The Morgan fingerprint density at radius 1 is 1.06 bits per heavy atom. The van der Waals surface area contributed by atoms with Crippen molar-refractivity contribution in [2.45, 2.75) is 120 Å². The lowest BCUT2D eigenvalue weighted by molar-refractivity contribution is -0.145. The predicted octanol–water partition coefficient (Wildman–Crippen LogP) is 6.36. The highest BCUT2D eigenvalue weighted by Crippen LogP contribution is 2.45. The van der Waals surface area contributed by atoms with E-state index in [1.807, 2.05) is 41.8 Å². The zero-order valence-corrected chi connectivity index (χ0v) is 31.9. The fourth-order valence-corrected chi connectivity index (χ4v) is 8.78. The molecule has 0 spiro atoms. The molecule has 1 aromatic carbocycles. The number of ether oxygens (including phenoxy) is 3. The predicted molar refractivity (Wildman–Crippen MR) is 203 cm³/mol. The molecule has 2 aliphatic heterocycles. The minimum atomic E-state index is -1.44. The first kappa shape index (κ1) is 37.6. The Bertz CT molecular complexity index is 1920. The molecule has 0 bridgehead atoms. The molecular weight excluding hydrogens is 711 g/mol. The number of amides is 3. The number of hydrogen-bond acceptors (Lipinski definition) is 10. The first-order valence-electron chi connectivity index (χ1n) is 19.2. The van der Waals surface area contributed by atoms with Gasteiger partial charge in [0.1, 0.15) is 52.0 Å². The van der Waals surface area contributed by atoms with Crippen molar-refractivity contribution in [3.63, 3.8) is 0 Å². The first-order chi connectivity index (χ1) is 26.0. The van der Waals surface area contributed by atoms with Crippen molar-refractivity contribution < 1.29 is 38.5 Å². The van der Waals surface area contributed by atoms with Crippen LogP contribution >= 0.6 is 11.3 Å². The van der Waals surface area contributed by atoms with Crippen molar-refractivity contribution in [1.82, 2.24) is 25.5 Å². The zero-order chi connectivity index (χ0) is 38.0. The van der Waals surface area contributed by atoms with Crippen molar-refractivity contribution >= 4 is 46.1 Å². The summed E-state index contributed by atoms with van der Waals surface area (Å²) < 4.78 is 17.9. The summed E-state index contributed by atoms with van der Waals surface area (Å²) in [6.45, 7) is 4.20. The second-order valence-electron chi connectivity index (χ2n) is 15.3. The molecule has 4 heterocycles. The highest BCUT2D eigenvalue weighted by molar-refractivity contribution is 7.13. The number of benzene rings is 1. The quantitative estimate of drug-likeness (QED) is 0.220. The van der Waals surface area contributed by atoms with Crippen molar-refractivity contribution in [2.75, 3.05) is 13.7 Å². The number of alkyl carbamates (subject to hydrolysis) is 1. The number of allylic oxidation sites excluding steroid dienone is 1. The Morgan fingerprint density at radius 3 is 2.59 bits per heavy atom. The molecule has 3 fully saturated rings. The summed E-state index contributed by atoms with van der Waals surface area (Å²) in [7, 11) is 1.59. The molecule has 2 aliphatic carbocycles. The molecule has 3 N–H and O–H groups in total. The van der Waals surface area contributed by atoms with E-state index in [0.29, 0.717) is 40.9 Å². The third kappa shape index (κ3) is 8.03. The van der Waals surface area contributed by atoms with Gasteiger partial charge in [-0.1, -0.05) is 38.8 Å². The van der Waals surface area contributed by atoms with Gasteiger partial charge in [0.25, 0.3) is 0 Å². The van der Waals surface area contributed by atoms with Gasteiger partial charge in [0.15, 0.2) is 0 Å². The second-order valence-corrected chi connectivity index (χ2v) is 16.1. The number of thiazole rings is 1. The van der Waals surface area contributed by atoms with Gasteiger partial charge in [-0.25, -0.2) is 19.6 Å². The van der Waals surface area contributed by atoms with E-state index in [1.54, 1.807) is 7.11 Å². The Labute approximate surface area is 318 Å². The number of carbonyl (C=O) groups excluding carboxylic acids is 3. The van der Waals surface area contributed by atoms with E-state index in [1.165, 1.54) is 16.2 Å². The number of carboxylic acid groups (broad SMARTS) is 1. The average molecular weight is 760 g/mol. The van der Waals surface area contributed by atoms with Gasteiger partial charge in [-0.2, -0.15) is 0 Å². The lowest BCUT2D eigenvalue weighted by Gasteiger charge is -2.29. The largest absolute Gasteiger partial charge is 0.497 e. The monoisotopic (exact) mass is 759 g/mol. The van der Waals surface area contributed by atoms with Crippen LogP contribution in [0.4, 0.5) is 4.79 Å². The summed E-state index contributed by atoms with van der Waals surface area (Å²) in [6, 6.07) is 5.37. The van der Waals surface area contributed by atoms with Crippen LogP contribution in [0.2, 0.25) is 0 Å². The zero-order valence-electron chi connectivity index (χ0n) is 31.0. The Balaban J connectivity index is 1.20. The number of carbonyl (C=O) groups is 4. The summed E-state index contributed by atoms with van der Waals surface area (Å²) in [6.07, 6.45) is 9.78. The molecule has 3 amide bonds. The van der Waals surface area contributed by atoms with Crippen LogP contribution < -0.4 is 20.1 Å². The summed E-state index contributed by atoms with van der Waals surface area (Å²) in [4.78, 5) is 65.5. The van der Waals surface area contributed by atoms with Crippen LogP contribution in [0.25, 0.3) is 21.6 Å². The molecule has 54 heavy (non-hydrogen) atoms. The topological polar surface area (TPSA) is 169 Å². The molecule has 1 unspecified atom stereocenters. The SMILES string of the molecule is COc1ccc2c(O[C@@H]3CC4C(=O)N[C@]5(C(=O)O)C[C@H]5/C=C\CCCCC[C@@H](NC(=O)OC5CCCC5)C(=O)N4C3)cc(-c3nc(C(C)C)cs3)nc2c1. The van der Waals surface area contributed by atoms with Gasteiger partial charge in [0.05, 0.1) is 24.9 Å². The smallest absolute Gasteiger partial charge is 0.408 e. The first-order valence-corrected chi connectivity index (χ1v) is 20.0. The summed E-state index contributed by atoms with van der Waals surface area (Å²) in [5, 5.41) is 19.4. The van der Waals surface area contributed by atoms with Gasteiger partial charge >= 0.3 is 12.1 Å². The summed E-state index contributed by atoms with van der Waals surface area (Å²) in [5.74, 6) is -1.08. The Morgan fingerprint density at radius 2 is 1.85 bits per heavy atom. The lowest BCUT2D eigenvalue weighted by atomic mass is 10.0. The molecule has 288 valence electrons. The van der Waals surface area contributed by atoms with Crippen LogP contribution in [-0.4, -0.2) is 87.3 Å². The molecule has 0 radical (unpaired) electrons. The van der Waals surface area contributed by atoms with Gasteiger partial charge in [0.2, 0.25) is 11.8 Å². The average Bonchev–Trinajstić information content (AvgIpc) is 3.61. The van der Waals surface area contributed by atoms with E-state index < -0.39 is 47.6 Å². The molecular formula is C40H49N5O8S.